The summed E-state index contributed by atoms with van der Waals surface area (Å²) in [4.78, 5) is 36.7. The van der Waals surface area contributed by atoms with E-state index in [1.165, 1.54) is 10.9 Å². The first-order chi connectivity index (χ1) is 14.8. The van der Waals surface area contributed by atoms with Crippen LogP contribution < -0.4 is 15.3 Å². The molecule has 1 aromatic heterocycles. The molecular weight excluding hydrogens is 420 g/mol. The first-order valence-electron chi connectivity index (χ1n) is 9.93. The highest BCUT2D eigenvalue weighted by molar-refractivity contribution is 5.84. The molecule has 1 heterocycles. The summed E-state index contributed by atoms with van der Waals surface area (Å²) in [6, 6.07) is 7.84. The van der Waals surface area contributed by atoms with Crippen LogP contribution in [-0.2, 0) is 19.0 Å². The number of hydrogen-bond donors (Lipinski definition) is 2. The van der Waals surface area contributed by atoms with Crippen molar-refractivity contribution < 1.29 is 37.8 Å². The molecule has 0 aliphatic carbocycles. The second-order valence-electron chi connectivity index (χ2n) is 8.80. The number of nitrogens with one attached hydrogen (secondary N) is 2. The minimum atomic E-state index is -1.28. The molecule has 0 saturated carbocycles. The molecule has 1 atom stereocenters. The molecule has 11 nitrogen and oxygen atoms in total. The quantitative estimate of drug-likeness (QED) is 0.391. The maximum atomic E-state index is 12.5. The van der Waals surface area contributed by atoms with Gasteiger partial charge in [0.05, 0.1) is 0 Å². The van der Waals surface area contributed by atoms with Gasteiger partial charge in [0.25, 0.3) is 6.20 Å². The lowest BCUT2D eigenvalue weighted by atomic mass is 10.2. The van der Waals surface area contributed by atoms with Crippen molar-refractivity contribution in [2.24, 2.45) is 0 Å². The lowest BCUT2D eigenvalue weighted by molar-refractivity contribution is -0.670. The molecule has 0 aliphatic heterocycles. The molecule has 0 radical (unpaired) electrons. The number of alkyl carbamates (subject to hydrolysis) is 1. The van der Waals surface area contributed by atoms with Crippen LogP contribution in [0.2, 0.25) is 0 Å². The fourth-order valence-corrected chi connectivity index (χ4v) is 2.29. The zero-order valence-corrected chi connectivity index (χ0v) is 19.0. The Hall–Kier alpha value is -3.63. The topological polar surface area (TPSA) is 133 Å². The summed E-state index contributed by atoms with van der Waals surface area (Å²) < 4.78 is 22.0. The van der Waals surface area contributed by atoms with Crippen molar-refractivity contribution in [2.45, 2.75) is 58.8 Å². The maximum absolute atomic E-state index is 12.5. The van der Waals surface area contributed by atoms with Crippen LogP contribution in [0.5, 0.6) is 0 Å². The van der Waals surface area contributed by atoms with Crippen molar-refractivity contribution in [3.05, 3.63) is 36.5 Å². The third-order valence-corrected chi connectivity index (χ3v) is 3.48. The number of para-hydroxylation sites is 1. The molecule has 174 valence electrons. The predicted molar refractivity (Wildman–Crippen MR) is 112 cm³/mol. The number of aromatic nitrogens is 2. The highest BCUT2D eigenvalue weighted by atomic mass is 16.6. The molecule has 2 amide bonds. The first-order valence-corrected chi connectivity index (χ1v) is 9.93. The first kappa shape index (κ1) is 24.6. The number of amides is 2. The van der Waals surface area contributed by atoms with Gasteiger partial charge in [0.2, 0.25) is 11.0 Å². The van der Waals surface area contributed by atoms with Crippen LogP contribution in [0.1, 0.15) is 41.5 Å². The zero-order valence-electron chi connectivity index (χ0n) is 19.0. The minimum Gasteiger partial charge on any atom is -0.458 e. The van der Waals surface area contributed by atoms with Gasteiger partial charge in [0.1, 0.15) is 17.8 Å². The van der Waals surface area contributed by atoms with Crippen molar-refractivity contribution in [3.8, 4) is 5.69 Å². The summed E-state index contributed by atoms with van der Waals surface area (Å²) in [7, 11) is 0. The van der Waals surface area contributed by atoms with Gasteiger partial charge in [-0.15, -0.1) is 0 Å². The number of ether oxygens (including phenoxy) is 3. The van der Waals surface area contributed by atoms with E-state index in [0.29, 0.717) is 0 Å². The predicted octanol–water partition coefficient (Wildman–Crippen LogP) is 2.73. The van der Waals surface area contributed by atoms with Crippen LogP contribution in [0.3, 0.4) is 0 Å². The van der Waals surface area contributed by atoms with Gasteiger partial charge in [-0.3, -0.25) is 9.84 Å². The van der Waals surface area contributed by atoms with Crippen LogP contribution in [-0.4, -0.2) is 47.3 Å². The monoisotopic (exact) mass is 449 g/mol. The van der Waals surface area contributed by atoms with Crippen molar-refractivity contribution in [3.63, 3.8) is 0 Å². The molecule has 0 fully saturated rings. The summed E-state index contributed by atoms with van der Waals surface area (Å²) >= 11 is 0. The van der Waals surface area contributed by atoms with Gasteiger partial charge in [-0.25, -0.2) is 14.4 Å². The van der Waals surface area contributed by atoms with Crippen LogP contribution >= 0.6 is 0 Å². The van der Waals surface area contributed by atoms with Crippen LogP contribution in [0.25, 0.3) is 5.69 Å². The van der Waals surface area contributed by atoms with Crippen molar-refractivity contribution in [1.29, 1.82) is 0 Å². The third-order valence-electron chi connectivity index (χ3n) is 3.48. The fraction of sp³-hybridized carbons (Fsp3) is 0.476. The summed E-state index contributed by atoms with van der Waals surface area (Å²) in [5, 5.41) is 8.52. The standard InChI is InChI=1S/C21H28N4O7/c1-20(2,3)30-17(26)15(22-19(28)31-21(4,5)6)13-29-18(27)23-16-12-25(24-32-16)14-10-8-7-9-11-14/h7-12,15H,13H2,1-6H3,(H-,22,23,24,27,28)/p+1/t15-/m0/s1. The van der Waals surface area contributed by atoms with Crippen LogP contribution in [0.15, 0.2) is 41.1 Å². The molecule has 2 N–H and O–H groups in total. The number of rotatable bonds is 6. The third kappa shape index (κ3) is 8.62. The van der Waals surface area contributed by atoms with Crippen molar-refractivity contribution in [2.75, 3.05) is 11.9 Å². The maximum Gasteiger partial charge on any atom is 0.414 e. The summed E-state index contributed by atoms with van der Waals surface area (Å²) in [5.74, 6) is -0.759. The highest BCUT2D eigenvalue weighted by Gasteiger charge is 2.30. The Bertz CT molecular complexity index is 930. The number of nitrogens with zero attached hydrogens (tertiary/aromatic N) is 2. The fourth-order valence-electron chi connectivity index (χ4n) is 2.29. The average molecular weight is 449 g/mol. The van der Waals surface area contributed by atoms with Gasteiger partial charge < -0.3 is 19.5 Å². The molecule has 2 aromatic rings. The molecule has 11 heteroatoms. The molecule has 2 rings (SSSR count). The molecule has 1 aromatic carbocycles. The number of carbonyl (C=O) groups is 3. The van der Waals surface area contributed by atoms with Gasteiger partial charge >= 0.3 is 24.0 Å². The molecule has 0 spiro atoms. The summed E-state index contributed by atoms with van der Waals surface area (Å²) in [5.41, 5.74) is -0.858. The van der Waals surface area contributed by atoms with E-state index in [2.05, 4.69) is 15.9 Å². The Morgan fingerprint density at radius 2 is 1.62 bits per heavy atom. The Kier molecular flexibility index (Phi) is 7.79. The largest absolute Gasteiger partial charge is 0.458 e. The highest BCUT2D eigenvalue weighted by Crippen LogP contribution is 2.11. The lowest BCUT2D eigenvalue weighted by Gasteiger charge is -2.26. The Morgan fingerprint density at radius 1 is 1.00 bits per heavy atom. The van der Waals surface area contributed by atoms with E-state index < -0.39 is 42.0 Å². The number of anilines is 1. The van der Waals surface area contributed by atoms with Crippen molar-refractivity contribution in [1.82, 2.24) is 10.6 Å². The lowest BCUT2D eigenvalue weighted by Crippen LogP contribution is -2.48. The number of benzene rings is 1. The van der Waals surface area contributed by atoms with E-state index >= 15 is 0 Å². The molecule has 0 aliphatic rings. The van der Waals surface area contributed by atoms with E-state index in [0.717, 1.165) is 5.69 Å². The zero-order chi connectivity index (χ0) is 23.9. The Labute approximate surface area is 186 Å². The normalized spacial score (nSPS) is 12.4. The van der Waals surface area contributed by atoms with Gasteiger partial charge in [-0.1, -0.05) is 18.2 Å². The summed E-state index contributed by atoms with van der Waals surface area (Å²) in [6.45, 7) is 9.57. The second-order valence-corrected chi connectivity index (χ2v) is 8.80. The number of hydrogen-bond acceptors (Lipinski definition) is 8. The smallest absolute Gasteiger partial charge is 0.414 e. The summed E-state index contributed by atoms with van der Waals surface area (Å²) in [6.07, 6.45) is -0.321. The SMILES string of the molecule is CC(C)(C)OC(=O)N[C@@H](COC(=O)Nc1c[n+](-c2ccccc2)no1)C(=O)OC(C)(C)C. The molecule has 0 unspecified atom stereocenters. The molecule has 0 bridgehead atoms. The van der Waals surface area contributed by atoms with Gasteiger partial charge in [0, 0.05) is 12.1 Å². The molecule has 32 heavy (non-hydrogen) atoms. The average Bonchev–Trinajstić information content (AvgIpc) is 3.11. The molecular formula is C21H29N4O7+. The van der Waals surface area contributed by atoms with E-state index in [1.54, 1.807) is 53.7 Å². The van der Waals surface area contributed by atoms with Crippen LogP contribution in [0.4, 0.5) is 15.5 Å². The number of esters is 1. The van der Waals surface area contributed by atoms with E-state index in [9.17, 15) is 14.4 Å². The van der Waals surface area contributed by atoms with E-state index in [-0.39, 0.29) is 5.88 Å². The van der Waals surface area contributed by atoms with Gasteiger partial charge in [0.15, 0.2) is 6.04 Å². The van der Waals surface area contributed by atoms with Crippen molar-refractivity contribution >= 4 is 24.0 Å². The van der Waals surface area contributed by atoms with Gasteiger partial charge in [-0.2, -0.15) is 0 Å². The minimum absolute atomic E-state index is 0.0211. The van der Waals surface area contributed by atoms with Gasteiger partial charge in [-0.05, 0) is 46.2 Å². The van der Waals surface area contributed by atoms with Crippen LogP contribution in [0, 0.1) is 0 Å². The Morgan fingerprint density at radius 3 is 2.22 bits per heavy atom. The Balaban J connectivity index is 1.98. The van der Waals surface area contributed by atoms with E-state index in [1.807, 2.05) is 18.2 Å². The molecule has 0 saturated heterocycles. The van der Waals surface area contributed by atoms with E-state index in [4.69, 9.17) is 18.7 Å². The number of carbonyl (C=O) groups excluding carboxylic acids is 3. The second kappa shape index (κ2) is 10.1.